The van der Waals surface area contributed by atoms with E-state index in [4.69, 9.17) is 0 Å². The molecule has 0 heterocycles. The fraction of sp³-hybridized carbons (Fsp3) is 0.964. The Morgan fingerprint density at radius 2 is 0.828 bits per heavy atom. The fourth-order valence-corrected chi connectivity index (χ4v) is 7.86. The van der Waals surface area contributed by atoms with Crippen LogP contribution in [0.2, 0.25) is 0 Å². The summed E-state index contributed by atoms with van der Waals surface area (Å²) >= 11 is 0. The Bertz CT molecular complexity index is 358. The Balaban J connectivity index is 0.000000906. The summed E-state index contributed by atoms with van der Waals surface area (Å²) in [5, 5.41) is 0. The van der Waals surface area contributed by atoms with Crippen molar-refractivity contribution >= 4 is 0 Å². The molecule has 0 spiro atoms. The summed E-state index contributed by atoms with van der Waals surface area (Å²) in [4.78, 5) is 0. The van der Waals surface area contributed by atoms with Crippen molar-refractivity contribution < 1.29 is 32.7 Å². The standard InChI is InChI=1S/C21H33.3C2H6.CH4.Y/c1-3-10-18-14(6-1)12-16-8-5-9-17-13-15-7-2-4-11-19(15)21(18)20(16)17;3*1-2;;/h14-20H,1-13H2;3*1-2H3;1H4;/q-1;;;;;. The number of hydrogen-bond donors (Lipinski definition) is 0. The molecule has 0 aliphatic heterocycles. The molecule has 6 unspecified atom stereocenters. The zero-order chi connectivity index (χ0) is 19.8. The van der Waals surface area contributed by atoms with Crippen LogP contribution in [0.3, 0.4) is 0 Å². The fourth-order valence-electron chi connectivity index (χ4n) is 7.86. The van der Waals surface area contributed by atoms with Gasteiger partial charge < -0.3 is 5.92 Å². The zero-order valence-corrected chi connectivity index (χ0v) is 23.1. The first-order chi connectivity index (χ1) is 13.4. The van der Waals surface area contributed by atoms with Crippen LogP contribution in [0.4, 0.5) is 0 Å². The Labute approximate surface area is 211 Å². The molecule has 0 saturated heterocycles. The molecule has 1 heteroatoms. The van der Waals surface area contributed by atoms with Crippen LogP contribution in [0.15, 0.2) is 0 Å². The van der Waals surface area contributed by atoms with Gasteiger partial charge in [0.05, 0.1) is 0 Å². The molecule has 0 aromatic heterocycles. The predicted octanol–water partition coefficient (Wildman–Crippen LogP) is 9.73. The summed E-state index contributed by atoms with van der Waals surface area (Å²) in [6, 6.07) is 0. The van der Waals surface area contributed by atoms with E-state index in [1.54, 1.807) is 83.5 Å². The van der Waals surface area contributed by atoms with Crippen LogP contribution in [0.1, 0.15) is 132 Å². The molecule has 5 aliphatic carbocycles. The molecule has 5 aliphatic rings. The van der Waals surface area contributed by atoms with E-state index < -0.39 is 0 Å². The molecule has 0 nitrogen and oxygen atoms in total. The maximum atomic E-state index is 2.21. The molecule has 6 atom stereocenters. The van der Waals surface area contributed by atoms with E-state index in [9.17, 15) is 0 Å². The van der Waals surface area contributed by atoms with Gasteiger partial charge in [0.2, 0.25) is 0 Å². The first-order valence-electron chi connectivity index (χ1n) is 13.3. The summed E-state index contributed by atoms with van der Waals surface area (Å²) in [7, 11) is 0. The van der Waals surface area contributed by atoms with E-state index in [-0.39, 0.29) is 40.1 Å². The molecule has 5 rings (SSSR count). The summed E-state index contributed by atoms with van der Waals surface area (Å²) in [6.45, 7) is 12.0. The first-order valence-corrected chi connectivity index (χ1v) is 13.3. The van der Waals surface area contributed by atoms with E-state index in [1.807, 2.05) is 41.5 Å². The van der Waals surface area contributed by atoms with Gasteiger partial charge in [-0.25, -0.2) is 0 Å². The van der Waals surface area contributed by atoms with Crippen molar-refractivity contribution in [3.8, 4) is 0 Å². The Morgan fingerprint density at radius 3 is 1.24 bits per heavy atom. The maximum absolute atomic E-state index is 2.21. The number of rotatable bonds is 0. The molecular formula is C28H55Y-. The van der Waals surface area contributed by atoms with Crippen molar-refractivity contribution in [1.82, 2.24) is 0 Å². The van der Waals surface area contributed by atoms with Gasteiger partial charge in [-0.1, -0.05) is 156 Å². The molecule has 5 fully saturated rings. The van der Waals surface area contributed by atoms with E-state index in [1.165, 1.54) is 0 Å². The molecule has 0 N–H and O–H groups in total. The van der Waals surface area contributed by atoms with Gasteiger partial charge in [0.1, 0.15) is 0 Å². The Morgan fingerprint density at radius 1 is 0.483 bits per heavy atom. The normalized spacial score (nSPS) is 39.3. The van der Waals surface area contributed by atoms with Gasteiger partial charge in [0.15, 0.2) is 0 Å². The number of fused-ring (bicyclic) bond motifs is 4. The Kier molecular flexibility index (Phi) is 16.4. The molecular weight excluding hydrogens is 425 g/mol. The van der Waals surface area contributed by atoms with Crippen LogP contribution in [-0.2, 0) is 32.7 Å². The van der Waals surface area contributed by atoms with Crippen LogP contribution in [0, 0.1) is 47.3 Å². The molecule has 29 heavy (non-hydrogen) atoms. The van der Waals surface area contributed by atoms with E-state index in [2.05, 4.69) is 5.92 Å². The molecule has 0 amide bonds. The van der Waals surface area contributed by atoms with Crippen molar-refractivity contribution in [3.05, 3.63) is 5.92 Å². The van der Waals surface area contributed by atoms with Crippen LogP contribution in [0.25, 0.3) is 0 Å². The second-order valence-electron chi connectivity index (χ2n) is 9.25. The van der Waals surface area contributed by atoms with E-state index in [0.29, 0.717) is 0 Å². The van der Waals surface area contributed by atoms with Gasteiger partial charge >= 0.3 is 0 Å². The first kappa shape index (κ1) is 30.1. The van der Waals surface area contributed by atoms with Gasteiger partial charge in [-0.15, -0.1) is 0 Å². The second kappa shape index (κ2) is 15.8. The molecule has 0 aromatic carbocycles. The van der Waals surface area contributed by atoms with Gasteiger partial charge in [0.25, 0.3) is 0 Å². The quantitative estimate of drug-likeness (QED) is 0.303. The molecule has 5 saturated carbocycles. The van der Waals surface area contributed by atoms with Gasteiger partial charge in [-0.3, -0.25) is 0 Å². The average Bonchev–Trinajstić information content (AvgIpc) is 2.78. The molecule has 1 radical (unpaired) electrons. The van der Waals surface area contributed by atoms with Crippen molar-refractivity contribution in [2.24, 2.45) is 41.4 Å². The monoisotopic (exact) mass is 480 g/mol. The molecule has 171 valence electrons. The minimum Gasteiger partial charge on any atom is -0.303 e. The number of hydrogen-bond acceptors (Lipinski definition) is 0. The van der Waals surface area contributed by atoms with Gasteiger partial charge in [-0.05, 0) is 0 Å². The van der Waals surface area contributed by atoms with E-state index >= 15 is 0 Å². The van der Waals surface area contributed by atoms with Crippen LogP contribution in [0.5, 0.6) is 0 Å². The average molecular weight is 481 g/mol. The molecule has 0 aromatic rings. The van der Waals surface area contributed by atoms with Crippen molar-refractivity contribution in [2.45, 2.75) is 132 Å². The minimum absolute atomic E-state index is 0. The third-order valence-corrected chi connectivity index (χ3v) is 8.44. The van der Waals surface area contributed by atoms with Crippen LogP contribution in [-0.4, -0.2) is 0 Å². The third-order valence-electron chi connectivity index (χ3n) is 8.44. The largest absolute Gasteiger partial charge is 0.303 e. The summed E-state index contributed by atoms with van der Waals surface area (Å²) in [6.07, 6.45) is 20.5. The molecule has 0 bridgehead atoms. The summed E-state index contributed by atoms with van der Waals surface area (Å²) < 4.78 is 0. The van der Waals surface area contributed by atoms with Crippen molar-refractivity contribution in [3.63, 3.8) is 0 Å². The van der Waals surface area contributed by atoms with Crippen LogP contribution < -0.4 is 0 Å². The predicted molar refractivity (Wildman–Crippen MR) is 128 cm³/mol. The van der Waals surface area contributed by atoms with E-state index in [0.717, 1.165) is 41.4 Å². The summed E-state index contributed by atoms with van der Waals surface area (Å²) in [5.41, 5.74) is 0. The summed E-state index contributed by atoms with van der Waals surface area (Å²) in [5.74, 6) is 9.98. The van der Waals surface area contributed by atoms with Gasteiger partial charge in [-0.2, -0.15) is 17.8 Å². The van der Waals surface area contributed by atoms with Crippen molar-refractivity contribution in [2.75, 3.05) is 0 Å². The third kappa shape index (κ3) is 6.56. The zero-order valence-electron chi connectivity index (χ0n) is 20.3. The minimum atomic E-state index is 0. The SMILES string of the molecule is C.C1CCC2[C-]3C4CCCCC4CC4CCCC(CC2C1)C34.CC.CC.CC.[Y]. The smallest absolute Gasteiger partial charge is 0 e. The van der Waals surface area contributed by atoms with Gasteiger partial charge in [0, 0.05) is 32.7 Å². The second-order valence-corrected chi connectivity index (χ2v) is 9.25. The topological polar surface area (TPSA) is 0 Å². The Hall–Kier alpha value is 1.10. The maximum Gasteiger partial charge on any atom is 0 e. The van der Waals surface area contributed by atoms with Crippen LogP contribution >= 0.6 is 0 Å². The van der Waals surface area contributed by atoms with Crippen molar-refractivity contribution in [1.29, 1.82) is 0 Å².